The van der Waals surface area contributed by atoms with E-state index in [0.29, 0.717) is 23.9 Å². The van der Waals surface area contributed by atoms with Crippen molar-refractivity contribution in [1.29, 1.82) is 0 Å². The molecule has 0 spiro atoms. The summed E-state index contributed by atoms with van der Waals surface area (Å²) < 4.78 is 16.0. The zero-order chi connectivity index (χ0) is 19.7. The predicted octanol–water partition coefficient (Wildman–Crippen LogP) is 5.98. The summed E-state index contributed by atoms with van der Waals surface area (Å²) in [5, 5.41) is 4.06. The van der Waals surface area contributed by atoms with E-state index >= 15 is 0 Å². The van der Waals surface area contributed by atoms with Crippen molar-refractivity contribution in [2.24, 2.45) is 5.16 Å². The van der Waals surface area contributed by atoms with Gasteiger partial charge in [0.1, 0.15) is 23.9 Å². The summed E-state index contributed by atoms with van der Waals surface area (Å²) in [4.78, 5) is 5.39. The highest BCUT2D eigenvalue weighted by Gasteiger charge is 2.11. The molecule has 0 atom stereocenters. The molecule has 1 aromatic rings. The van der Waals surface area contributed by atoms with Crippen LogP contribution in [0, 0.1) is 0 Å². The second kappa shape index (κ2) is 15.2. The summed E-state index contributed by atoms with van der Waals surface area (Å²) in [6, 6.07) is 3.60. The number of methoxy groups -OCH3 is 3. The van der Waals surface area contributed by atoms with Gasteiger partial charge in [0, 0.05) is 12.1 Å². The van der Waals surface area contributed by atoms with Crippen LogP contribution in [0.1, 0.15) is 76.7 Å². The molecule has 154 valence electrons. The largest absolute Gasteiger partial charge is 0.496 e. The maximum Gasteiger partial charge on any atom is 0.135 e. The second-order valence-electron chi connectivity index (χ2n) is 6.70. The Labute approximate surface area is 165 Å². The lowest BCUT2D eigenvalue weighted by atomic mass is 10.1. The molecular formula is C22H37NO4. The van der Waals surface area contributed by atoms with Crippen molar-refractivity contribution < 1.29 is 19.0 Å². The minimum absolute atomic E-state index is 0.633. The van der Waals surface area contributed by atoms with Crippen molar-refractivity contribution in [3.63, 3.8) is 0 Å². The van der Waals surface area contributed by atoms with Crippen LogP contribution in [0.5, 0.6) is 17.2 Å². The van der Waals surface area contributed by atoms with Gasteiger partial charge < -0.3 is 19.0 Å². The molecule has 0 aliphatic heterocycles. The van der Waals surface area contributed by atoms with Gasteiger partial charge in [-0.25, -0.2) is 0 Å². The summed E-state index contributed by atoms with van der Waals surface area (Å²) in [6.07, 6.45) is 14.7. The number of hydrogen-bond acceptors (Lipinski definition) is 5. The van der Waals surface area contributed by atoms with Gasteiger partial charge in [0.25, 0.3) is 0 Å². The zero-order valence-corrected chi connectivity index (χ0v) is 17.6. The fourth-order valence-electron chi connectivity index (χ4n) is 2.96. The summed E-state index contributed by atoms with van der Waals surface area (Å²) in [5.74, 6) is 1.95. The van der Waals surface area contributed by atoms with Crippen LogP contribution in [0.4, 0.5) is 0 Å². The molecule has 0 aliphatic carbocycles. The average Bonchev–Trinajstić information content (AvgIpc) is 2.70. The Hall–Kier alpha value is -1.91. The van der Waals surface area contributed by atoms with Crippen LogP contribution in [0.3, 0.4) is 0 Å². The maximum atomic E-state index is 5.39. The van der Waals surface area contributed by atoms with Crippen LogP contribution in [0.25, 0.3) is 0 Å². The maximum absolute atomic E-state index is 5.39. The van der Waals surface area contributed by atoms with E-state index in [1.165, 1.54) is 57.8 Å². The van der Waals surface area contributed by atoms with Crippen LogP contribution in [0.15, 0.2) is 17.3 Å². The molecule has 0 aliphatic rings. The molecule has 0 unspecified atom stereocenters. The molecule has 0 radical (unpaired) electrons. The Balaban J connectivity index is 2.22. The molecular weight excluding hydrogens is 342 g/mol. The first kappa shape index (κ1) is 23.1. The molecule has 1 rings (SSSR count). The van der Waals surface area contributed by atoms with Crippen molar-refractivity contribution in [2.75, 3.05) is 27.9 Å². The molecule has 0 fully saturated rings. The number of ether oxygens (including phenoxy) is 3. The second-order valence-corrected chi connectivity index (χ2v) is 6.70. The van der Waals surface area contributed by atoms with Gasteiger partial charge in [-0.2, -0.15) is 0 Å². The number of oxime groups is 1. The van der Waals surface area contributed by atoms with Gasteiger partial charge in [-0.3, -0.25) is 0 Å². The topological polar surface area (TPSA) is 49.3 Å². The van der Waals surface area contributed by atoms with Crippen molar-refractivity contribution in [1.82, 2.24) is 0 Å². The lowest BCUT2D eigenvalue weighted by molar-refractivity contribution is 0.141. The molecule has 0 saturated heterocycles. The van der Waals surface area contributed by atoms with Crippen LogP contribution in [-0.4, -0.2) is 34.2 Å². The first-order valence-electron chi connectivity index (χ1n) is 10.2. The van der Waals surface area contributed by atoms with Crippen molar-refractivity contribution >= 4 is 6.21 Å². The van der Waals surface area contributed by atoms with Gasteiger partial charge in [0.05, 0.1) is 33.1 Å². The van der Waals surface area contributed by atoms with E-state index in [9.17, 15) is 0 Å². The number of nitrogens with zero attached hydrogens (tertiary/aromatic N) is 1. The third-order valence-electron chi connectivity index (χ3n) is 4.60. The van der Waals surface area contributed by atoms with Crippen LogP contribution in [-0.2, 0) is 4.84 Å². The summed E-state index contributed by atoms with van der Waals surface area (Å²) >= 11 is 0. The summed E-state index contributed by atoms with van der Waals surface area (Å²) in [6.45, 7) is 2.89. The Bertz CT molecular complexity index is 506. The third-order valence-corrected chi connectivity index (χ3v) is 4.60. The molecule has 1 aromatic carbocycles. The minimum Gasteiger partial charge on any atom is -0.496 e. The van der Waals surface area contributed by atoms with Gasteiger partial charge >= 0.3 is 0 Å². The van der Waals surface area contributed by atoms with E-state index in [1.807, 2.05) is 0 Å². The smallest absolute Gasteiger partial charge is 0.135 e. The van der Waals surface area contributed by atoms with Crippen LogP contribution < -0.4 is 14.2 Å². The Morgan fingerprint density at radius 3 is 1.74 bits per heavy atom. The number of unbranched alkanes of at least 4 members (excludes halogenated alkanes) is 9. The zero-order valence-electron chi connectivity index (χ0n) is 17.6. The molecule has 0 aromatic heterocycles. The quantitative estimate of drug-likeness (QED) is 0.201. The van der Waals surface area contributed by atoms with E-state index in [0.717, 1.165) is 12.0 Å². The lowest BCUT2D eigenvalue weighted by Crippen LogP contribution is -1.98. The number of rotatable bonds is 16. The van der Waals surface area contributed by atoms with Gasteiger partial charge in [0.2, 0.25) is 0 Å². The molecule has 0 bridgehead atoms. The van der Waals surface area contributed by atoms with E-state index in [-0.39, 0.29) is 0 Å². The van der Waals surface area contributed by atoms with Crippen LogP contribution >= 0.6 is 0 Å². The van der Waals surface area contributed by atoms with Crippen LogP contribution in [0.2, 0.25) is 0 Å². The molecule has 27 heavy (non-hydrogen) atoms. The average molecular weight is 380 g/mol. The minimum atomic E-state index is 0.633. The van der Waals surface area contributed by atoms with Crippen molar-refractivity contribution in [2.45, 2.75) is 71.1 Å². The molecule has 0 saturated carbocycles. The fourth-order valence-corrected chi connectivity index (χ4v) is 2.96. The molecule has 5 nitrogen and oxygen atoms in total. The molecule has 0 heterocycles. The van der Waals surface area contributed by atoms with E-state index in [2.05, 4.69) is 12.1 Å². The highest BCUT2D eigenvalue weighted by Crippen LogP contribution is 2.32. The first-order chi connectivity index (χ1) is 13.3. The monoisotopic (exact) mass is 379 g/mol. The van der Waals surface area contributed by atoms with Gasteiger partial charge in [-0.1, -0.05) is 63.4 Å². The Morgan fingerprint density at radius 1 is 0.741 bits per heavy atom. The van der Waals surface area contributed by atoms with Crippen molar-refractivity contribution in [3.8, 4) is 17.2 Å². The normalized spacial score (nSPS) is 11.0. The van der Waals surface area contributed by atoms with E-state index in [4.69, 9.17) is 19.0 Å². The number of benzene rings is 1. The van der Waals surface area contributed by atoms with Gasteiger partial charge in [0.15, 0.2) is 0 Å². The summed E-state index contributed by atoms with van der Waals surface area (Å²) in [5.41, 5.74) is 0.740. The number of hydrogen-bond donors (Lipinski definition) is 0. The fraction of sp³-hybridized carbons (Fsp3) is 0.682. The molecule has 0 amide bonds. The highest BCUT2D eigenvalue weighted by molar-refractivity contribution is 5.87. The highest BCUT2D eigenvalue weighted by atomic mass is 16.6. The van der Waals surface area contributed by atoms with Gasteiger partial charge in [-0.05, 0) is 12.8 Å². The third kappa shape index (κ3) is 9.55. The van der Waals surface area contributed by atoms with Gasteiger partial charge in [-0.15, -0.1) is 0 Å². The Morgan fingerprint density at radius 2 is 1.26 bits per heavy atom. The van der Waals surface area contributed by atoms with E-state index in [1.54, 1.807) is 39.7 Å². The lowest BCUT2D eigenvalue weighted by Gasteiger charge is -2.11. The molecule has 5 heteroatoms. The summed E-state index contributed by atoms with van der Waals surface area (Å²) in [7, 11) is 4.82. The SMILES string of the molecule is CCCCCCCCCCCCO/N=C\c1c(OC)cc(OC)cc1OC. The van der Waals surface area contributed by atoms with E-state index < -0.39 is 0 Å². The van der Waals surface area contributed by atoms with Crippen molar-refractivity contribution in [3.05, 3.63) is 17.7 Å². The predicted molar refractivity (Wildman–Crippen MR) is 111 cm³/mol. The standard InChI is InChI=1S/C22H37NO4/c1-5-6-7-8-9-10-11-12-13-14-15-27-23-18-20-21(25-3)16-19(24-2)17-22(20)26-4/h16-18H,5-15H2,1-4H3/b23-18-. The molecule has 0 N–H and O–H groups in total. The first-order valence-corrected chi connectivity index (χ1v) is 10.2. The Kier molecular flexibility index (Phi) is 13.0.